The van der Waals surface area contributed by atoms with Crippen LogP contribution >= 0.6 is 0 Å². The lowest BCUT2D eigenvalue weighted by atomic mass is 9.70. The molecular formula is C12H12N2. The minimum absolute atomic E-state index is 0.0587. The first-order valence-corrected chi connectivity index (χ1v) is 4.77. The van der Waals surface area contributed by atoms with Crippen LogP contribution in [-0.2, 0) is 0 Å². The van der Waals surface area contributed by atoms with E-state index in [-0.39, 0.29) is 10.8 Å². The van der Waals surface area contributed by atoms with Gasteiger partial charge in [0.05, 0.1) is 12.1 Å². The standard InChI is InChI=1S/C12H12N2/c1-11-3-9(7-13)5-12(11,2)6-10(4-11)8-14/h3-4H,5-6H2,1-2H3. The summed E-state index contributed by atoms with van der Waals surface area (Å²) in [5, 5.41) is 17.7. The molecule has 0 N–H and O–H groups in total. The number of nitriles is 2. The maximum atomic E-state index is 8.87. The molecule has 2 aliphatic rings. The Hall–Kier alpha value is -1.54. The highest BCUT2D eigenvalue weighted by Gasteiger charge is 2.51. The summed E-state index contributed by atoms with van der Waals surface area (Å²) in [7, 11) is 0. The first-order chi connectivity index (χ1) is 6.53. The molecule has 0 amide bonds. The quantitative estimate of drug-likeness (QED) is 0.581. The second-order valence-corrected chi connectivity index (χ2v) is 4.76. The molecule has 0 aliphatic heterocycles. The molecule has 0 aromatic carbocycles. The first-order valence-electron chi connectivity index (χ1n) is 4.77. The third kappa shape index (κ3) is 0.946. The molecule has 0 saturated heterocycles. The summed E-state index contributed by atoms with van der Waals surface area (Å²) < 4.78 is 0. The zero-order valence-corrected chi connectivity index (χ0v) is 8.46. The number of allylic oxidation sites excluding steroid dienone is 4. The Kier molecular flexibility index (Phi) is 1.60. The smallest absolute Gasteiger partial charge is 0.0944 e. The highest BCUT2D eigenvalue weighted by molar-refractivity contribution is 5.44. The Morgan fingerprint density at radius 1 is 1.07 bits per heavy atom. The molecule has 0 radical (unpaired) electrons. The van der Waals surface area contributed by atoms with Crippen LogP contribution in [0, 0.1) is 33.5 Å². The molecule has 0 spiro atoms. The van der Waals surface area contributed by atoms with Crippen molar-refractivity contribution < 1.29 is 0 Å². The summed E-state index contributed by atoms with van der Waals surface area (Å²) in [4.78, 5) is 0. The van der Waals surface area contributed by atoms with Crippen molar-refractivity contribution in [3.8, 4) is 12.1 Å². The van der Waals surface area contributed by atoms with Crippen LogP contribution in [0.1, 0.15) is 26.7 Å². The minimum Gasteiger partial charge on any atom is -0.193 e. The van der Waals surface area contributed by atoms with E-state index in [1.807, 2.05) is 12.2 Å². The molecule has 0 atom stereocenters. The molecule has 0 heterocycles. The minimum atomic E-state index is -0.0802. The fraction of sp³-hybridized carbons (Fsp3) is 0.500. The van der Waals surface area contributed by atoms with E-state index in [2.05, 4.69) is 26.0 Å². The molecular weight excluding hydrogens is 172 g/mol. The van der Waals surface area contributed by atoms with Crippen molar-refractivity contribution in [2.24, 2.45) is 10.8 Å². The zero-order valence-electron chi connectivity index (χ0n) is 8.46. The van der Waals surface area contributed by atoms with E-state index in [1.54, 1.807) is 0 Å². The van der Waals surface area contributed by atoms with Crippen molar-refractivity contribution in [2.45, 2.75) is 26.7 Å². The molecule has 0 fully saturated rings. The molecule has 14 heavy (non-hydrogen) atoms. The van der Waals surface area contributed by atoms with E-state index < -0.39 is 0 Å². The number of hydrogen-bond donors (Lipinski definition) is 0. The maximum Gasteiger partial charge on any atom is 0.0944 e. The van der Waals surface area contributed by atoms with Crippen molar-refractivity contribution >= 4 is 0 Å². The zero-order chi connectivity index (χ0) is 10.4. The lowest BCUT2D eigenvalue weighted by molar-refractivity contribution is 0.216. The van der Waals surface area contributed by atoms with Crippen LogP contribution in [0.3, 0.4) is 0 Å². The molecule has 0 aromatic heterocycles. The Labute approximate surface area is 84.1 Å². The lowest BCUT2D eigenvalue weighted by Crippen LogP contribution is -2.26. The predicted molar refractivity (Wildman–Crippen MR) is 52.8 cm³/mol. The third-order valence-electron chi connectivity index (χ3n) is 3.70. The van der Waals surface area contributed by atoms with E-state index in [0.717, 1.165) is 24.0 Å². The van der Waals surface area contributed by atoms with Crippen molar-refractivity contribution in [1.29, 1.82) is 10.5 Å². The molecule has 2 aliphatic carbocycles. The van der Waals surface area contributed by atoms with Crippen LogP contribution in [0.25, 0.3) is 0 Å². The van der Waals surface area contributed by atoms with Gasteiger partial charge in [-0.1, -0.05) is 26.0 Å². The van der Waals surface area contributed by atoms with Gasteiger partial charge >= 0.3 is 0 Å². The predicted octanol–water partition coefficient (Wildman–Crippen LogP) is 2.71. The number of hydrogen-bond acceptors (Lipinski definition) is 2. The summed E-state index contributed by atoms with van der Waals surface area (Å²) in [5.41, 5.74) is 1.71. The molecule has 0 aromatic rings. The fourth-order valence-electron chi connectivity index (χ4n) is 2.64. The van der Waals surface area contributed by atoms with E-state index in [4.69, 9.17) is 10.5 Å². The van der Waals surface area contributed by atoms with E-state index in [9.17, 15) is 0 Å². The Morgan fingerprint density at radius 2 is 1.50 bits per heavy atom. The average Bonchev–Trinajstić information content (AvgIpc) is 2.50. The van der Waals surface area contributed by atoms with Crippen molar-refractivity contribution in [3.05, 3.63) is 23.3 Å². The van der Waals surface area contributed by atoms with Crippen LogP contribution in [0.2, 0.25) is 0 Å². The van der Waals surface area contributed by atoms with Crippen LogP contribution in [0.4, 0.5) is 0 Å². The molecule has 0 unspecified atom stereocenters. The van der Waals surface area contributed by atoms with Gasteiger partial charge in [-0.25, -0.2) is 0 Å². The Bertz CT molecular complexity index is 392. The first kappa shape index (κ1) is 9.03. The van der Waals surface area contributed by atoms with Gasteiger partial charge in [0.2, 0.25) is 0 Å². The molecule has 2 rings (SSSR count). The van der Waals surface area contributed by atoms with Gasteiger partial charge in [-0.15, -0.1) is 0 Å². The van der Waals surface area contributed by atoms with E-state index >= 15 is 0 Å². The summed E-state index contributed by atoms with van der Waals surface area (Å²) in [6.45, 7) is 4.27. The van der Waals surface area contributed by atoms with Crippen molar-refractivity contribution in [2.75, 3.05) is 0 Å². The monoisotopic (exact) mass is 184 g/mol. The van der Waals surface area contributed by atoms with Crippen LogP contribution < -0.4 is 0 Å². The van der Waals surface area contributed by atoms with Gasteiger partial charge in [-0.3, -0.25) is 0 Å². The maximum absolute atomic E-state index is 8.87. The second-order valence-electron chi connectivity index (χ2n) is 4.76. The SMILES string of the molecule is CC12C=C(C#N)CC1(C)CC(C#N)=C2. The van der Waals surface area contributed by atoms with Crippen LogP contribution in [0.5, 0.6) is 0 Å². The molecule has 70 valence electrons. The van der Waals surface area contributed by atoms with Crippen molar-refractivity contribution in [3.63, 3.8) is 0 Å². The normalized spacial score (nSPS) is 39.4. The van der Waals surface area contributed by atoms with E-state index in [0.29, 0.717) is 0 Å². The van der Waals surface area contributed by atoms with Gasteiger partial charge in [-0.05, 0) is 18.3 Å². The highest BCUT2D eigenvalue weighted by Crippen LogP contribution is 2.59. The summed E-state index contributed by atoms with van der Waals surface area (Å²) >= 11 is 0. The summed E-state index contributed by atoms with van der Waals surface area (Å²) in [5.74, 6) is 0. The van der Waals surface area contributed by atoms with Gasteiger partial charge in [0.1, 0.15) is 0 Å². The highest BCUT2D eigenvalue weighted by atomic mass is 14.5. The molecule has 0 bridgehead atoms. The largest absolute Gasteiger partial charge is 0.193 e. The average molecular weight is 184 g/mol. The topological polar surface area (TPSA) is 47.6 Å². The number of fused-ring (bicyclic) bond motifs is 1. The van der Waals surface area contributed by atoms with Gasteiger partial charge in [0.15, 0.2) is 0 Å². The molecule has 2 heteroatoms. The Morgan fingerprint density at radius 3 is 1.79 bits per heavy atom. The van der Waals surface area contributed by atoms with Gasteiger partial charge < -0.3 is 0 Å². The second kappa shape index (κ2) is 2.49. The van der Waals surface area contributed by atoms with Gasteiger partial charge in [-0.2, -0.15) is 10.5 Å². The van der Waals surface area contributed by atoms with Crippen LogP contribution in [-0.4, -0.2) is 0 Å². The third-order valence-corrected chi connectivity index (χ3v) is 3.70. The number of nitrogens with zero attached hydrogens (tertiary/aromatic N) is 2. The molecule has 0 saturated carbocycles. The summed E-state index contributed by atoms with van der Waals surface area (Å²) in [6, 6.07) is 4.45. The molecule has 2 nitrogen and oxygen atoms in total. The number of rotatable bonds is 0. The summed E-state index contributed by atoms with van der Waals surface area (Å²) in [6.07, 6.45) is 5.66. The lowest BCUT2D eigenvalue weighted by Gasteiger charge is -2.33. The van der Waals surface area contributed by atoms with Crippen molar-refractivity contribution in [1.82, 2.24) is 0 Å². The van der Waals surface area contributed by atoms with Gasteiger partial charge in [0.25, 0.3) is 0 Å². The Balaban J connectivity index is 2.47. The van der Waals surface area contributed by atoms with E-state index in [1.165, 1.54) is 0 Å². The van der Waals surface area contributed by atoms with Gasteiger partial charge in [0, 0.05) is 16.6 Å². The fourth-order valence-corrected chi connectivity index (χ4v) is 2.64. The van der Waals surface area contributed by atoms with Crippen LogP contribution in [0.15, 0.2) is 23.3 Å².